The number of benzene rings is 1. The van der Waals surface area contributed by atoms with Gasteiger partial charge in [-0.05, 0) is 12.5 Å². The standard InChI is InChI=1S/C16H14N2O2/c1-2-20-16(19)15-14(13(10-17)11-18-15)9-8-12-6-4-3-5-7-12/h3-9,11,18H,2H2,1H3/b9-8+. The molecule has 1 heterocycles. The molecule has 0 aliphatic rings. The van der Waals surface area contributed by atoms with Gasteiger partial charge in [0.2, 0.25) is 0 Å². The highest BCUT2D eigenvalue weighted by atomic mass is 16.5. The second-order valence-electron chi connectivity index (χ2n) is 4.07. The number of carbonyl (C=O) groups is 1. The van der Waals surface area contributed by atoms with E-state index < -0.39 is 5.97 Å². The Hall–Kier alpha value is -2.80. The second-order valence-corrected chi connectivity index (χ2v) is 4.07. The van der Waals surface area contributed by atoms with Gasteiger partial charge in [-0.3, -0.25) is 0 Å². The average Bonchev–Trinajstić information content (AvgIpc) is 2.89. The number of aromatic amines is 1. The van der Waals surface area contributed by atoms with Crippen molar-refractivity contribution < 1.29 is 9.53 Å². The molecule has 1 N–H and O–H groups in total. The number of hydrogen-bond donors (Lipinski definition) is 1. The van der Waals surface area contributed by atoms with E-state index in [1.165, 1.54) is 6.20 Å². The summed E-state index contributed by atoms with van der Waals surface area (Å²) in [5, 5.41) is 9.08. The number of aromatic nitrogens is 1. The Morgan fingerprint density at radius 3 is 2.75 bits per heavy atom. The fourth-order valence-corrected chi connectivity index (χ4v) is 1.82. The molecule has 2 rings (SSSR count). The summed E-state index contributed by atoms with van der Waals surface area (Å²) in [5.41, 5.74) is 2.26. The summed E-state index contributed by atoms with van der Waals surface area (Å²) < 4.78 is 4.96. The van der Waals surface area contributed by atoms with E-state index in [4.69, 9.17) is 10.00 Å². The molecule has 0 aliphatic heterocycles. The van der Waals surface area contributed by atoms with Crippen molar-refractivity contribution in [3.8, 4) is 6.07 Å². The molecule has 20 heavy (non-hydrogen) atoms. The van der Waals surface area contributed by atoms with Gasteiger partial charge in [0.15, 0.2) is 0 Å². The molecule has 0 atom stereocenters. The van der Waals surface area contributed by atoms with E-state index in [9.17, 15) is 4.79 Å². The maximum atomic E-state index is 11.8. The Morgan fingerprint density at radius 2 is 2.10 bits per heavy atom. The van der Waals surface area contributed by atoms with Crippen LogP contribution in [0.25, 0.3) is 12.2 Å². The molecule has 0 aliphatic carbocycles. The lowest BCUT2D eigenvalue weighted by molar-refractivity contribution is 0.0520. The molecule has 0 radical (unpaired) electrons. The van der Waals surface area contributed by atoms with Gasteiger partial charge in [0, 0.05) is 11.8 Å². The molecule has 0 saturated carbocycles. The third-order valence-electron chi connectivity index (χ3n) is 2.76. The summed E-state index contributed by atoms with van der Waals surface area (Å²) in [6, 6.07) is 11.7. The Labute approximate surface area is 117 Å². The average molecular weight is 266 g/mol. The van der Waals surface area contributed by atoms with E-state index in [2.05, 4.69) is 11.1 Å². The van der Waals surface area contributed by atoms with Crippen molar-refractivity contribution >= 4 is 18.1 Å². The Bertz CT molecular complexity index is 664. The van der Waals surface area contributed by atoms with Crippen LogP contribution in [0.4, 0.5) is 0 Å². The summed E-state index contributed by atoms with van der Waals surface area (Å²) >= 11 is 0. The van der Waals surface area contributed by atoms with Crippen LogP contribution in [0.15, 0.2) is 36.5 Å². The van der Waals surface area contributed by atoms with Crippen molar-refractivity contribution in [3.63, 3.8) is 0 Å². The van der Waals surface area contributed by atoms with E-state index >= 15 is 0 Å². The van der Waals surface area contributed by atoms with Gasteiger partial charge in [-0.25, -0.2) is 4.79 Å². The monoisotopic (exact) mass is 266 g/mol. The predicted molar refractivity (Wildman–Crippen MR) is 76.8 cm³/mol. The van der Waals surface area contributed by atoms with Crippen LogP contribution in [0.1, 0.15) is 34.1 Å². The molecular weight excluding hydrogens is 252 g/mol. The van der Waals surface area contributed by atoms with E-state index in [-0.39, 0.29) is 0 Å². The maximum absolute atomic E-state index is 11.8. The summed E-state index contributed by atoms with van der Waals surface area (Å²) in [7, 11) is 0. The van der Waals surface area contributed by atoms with Gasteiger partial charge < -0.3 is 9.72 Å². The zero-order valence-electron chi connectivity index (χ0n) is 11.1. The van der Waals surface area contributed by atoms with Crippen molar-refractivity contribution in [2.75, 3.05) is 6.61 Å². The topological polar surface area (TPSA) is 65.9 Å². The summed E-state index contributed by atoms with van der Waals surface area (Å²) in [6.07, 6.45) is 5.11. The van der Waals surface area contributed by atoms with Crippen LogP contribution in [0, 0.1) is 11.3 Å². The molecule has 2 aromatic rings. The molecule has 4 heteroatoms. The van der Waals surface area contributed by atoms with Crippen molar-refractivity contribution in [2.45, 2.75) is 6.92 Å². The summed E-state index contributed by atoms with van der Waals surface area (Å²) in [4.78, 5) is 14.6. The minimum Gasteiger partial charge on any atom is -0.461 e. The normalized spacial score (nSPS) is 10.4. The van der Waals surface area contributed by atoms with E-state index in [0.717, 1.165) is 5.56 Å². The molecule has 0 spiro atoms. The number of H-pyrrole nitrogens is 1. The molecule has 1 aromatic heterocycles. The molecular formula is C16H14N2O2. The van der Waals surface area contributed by atoms with E-state index in [1.54, 1.807) is 13.0 Å². The third kappa shape index (κ3) is 2.96. The zero-order valence-corrected chi connectivity index (χ0v) is 11.1. The summed E-state index contributed by atoms with van der Waals surface area (Å²) in [5.74, 6) is -0.457. The Balaban J connectivity index is 2.35. The lowest BCUT2D eigenvalue weighted by Crippen LogP contribution is -2.06. The first-order chi connectivity index (χ1) is 9.76. The van der Waals surface area contributed by atoms with Gasteiger partial charge in [0.05, 0.1) is 12.2 Å². The number of esters is 1. The number of rotatable bonds is 4. The van der Waals surface area contributed by atoms with Gasteiger partial charge in [0.25, 0.3) is 0 Å². The number of carbonyl (C=O) groups excluding carboxylic acids is 1. The van der Waals surface area contributed by atoms with Gasteiger partial charge in [-0.1, -0.05) is 42.5 Å². The fraction of sp³-hybridized carbons (Fsp3) is 0.125. The zero-order chi connectivity index (χ0) is 14.4. The van der Waals surface area contributed by atoms with E-state index in [0.29, 0.717) is 23.4 Å². The summed E-state index contributed by atoms with van der Waals surface area (Å²) in [6.45, 7) is 2.03. The van der Waals surface area contributed by atoms with Gasteiger partial charge in [0.1, 0.15) is 11.8 Å². The number of nitrogens with zero attached hydrogens (tertiary/aromatic N) is 1. The largest absolute Gasteiger partial charge is 0.461 e. The van der Waals surface area contributed by atoms with Crippen molar-refractivity contribution in [1.29, 1.82) is 5.26 Å². The van der Waals surface area contributed by atoms with Crippen LogP contribution in [0.2, 0.25) is 0 Å². The number of ether oxygens (including phenoxy) is 1. The lowest BCUT2D eigenvalue weighted by atomic mass is 10.1. The fourth-order valence-electron chi connectivity index (χ4n) is 1.82. The minimum absolute atomic E-state index is 0.293. The first-order valence-electron chi connectivity index (χ1n) is 6.28. The van der Waals surface area contributed by atoms with Crippen molar-refractivity contribution in [2.24, 2.45) is 0 Å². The van der Waals surface area contributed by atoms with Gasteiger partial charge >= 0.3 is 5.97 Å². The highest BCUT2D eigenvalue weighted by Gasteiger charge is 2.16. The van der Waals surface area contributed by atoms with E-state index in [1.807, 2.05) is 36.4 Å². The van der Waals surface area contributed by atoms with Gasteiger partial charge in [-0.2, -0.15) is 5.26 Å². The number of hydrogen-bond acceptors (Lipinski definition) is 3. The molecule has 100 valence electrons. The van der Waals surface area contributed by atoms with Crippen LogP contribution >= 0.6 is 0 Å². The molecule has 0 unspecified atom stereocenters. The smallest absolute Gasteiger partial charge is 0.355 e. The Kier molecular flexibility index (Phi) is 4.35. The quantitative estimate of drug-likeness (QED) is 0.864. The van der Waals surface area contributed by atoms with Crippen LogP contribution in [-0.4, -0.2) is 17.6 Å². The van der Waals surface area contributed by atoms with Crippen molar-refractivity contribution in [3.05, 3.63) is 58.9 Å². The Morgan fingerprint density at radius 1 is 1.35 bits per heavy atom. The first-order valence-corrected chi connectivity index (χ1v) is 6.28. The maximum Gasteiger partial charge on any atom is 0.355 e. The molecule has 4 nitrogen and oxygen atoms in total. The molecule has 0 amide bonds. The second kappa shape index (κ2) is 6.39. The lowest BCUT2D eigenvalue weighted by Gasteiger charge is -2.01. The first kappa shape index (κ1) is 13.6. The predicted octanol–water partition coefficient (Wildman–Crippen LogP) is 3.23. The SMILES string of the molecule is CCOC(=O)c1[nH]cc(C#N)c1/C=C/c1ccccc1. The molecule has 0 fully saturated rings. The highest BCUT2D eigenvalue weighted by Crippen LogP contribution is 2.18. The third-order valence-corrected chi connectivity index (χ3v) is 2.76. The van der Waals surface area contributed by atoms with Crippen LogP contribution in [0.5, 0.6) is 0 Å². The van der Waals surface area contributed by atoms with Crippen LogP contribution < -0.4 is 0 Å². The van der Waals surface area contributed by atoms with Gasteiger partial charge in [-0.15, -0.1) is 0 Å². The number of nitrogens with one attached hydrogen (secondary N) is 1. The van der Waals surface area contributed by atoms with Crippen LogP contribution in [-0.2, 0) is 4.74 Å². The molecule has 0 bridgehead atoms. The number of nitriles is 1. The van der Waals surface area contributed by atoms with Crippen molar-refractivity contribution in [1.82, 2.24) is 4.98 Å². The van der Waals surface area contributed by atoms with Crippen LogP contribution in [0.3, 0.4) is 0 Å². The minimum atomic E-state index is -0.457. The highest BCUT2D eigenvalue weighted by molar-refractivity contribution is 5.94. The molecule has 0 saturated heterocycles. The molecule has 1 aromatic carbocycles.